The van der Waals surface area contributed by atoms with Gasteiger partial charge in [0.25, 0.3) is 0 Å². The summed E-state index contributed by atoms with van der Waals surface area (Å²) in [5.41, 5.74) is 12.2. The molecule has 0 aromatic heterocycles. The number of carbonyl (C=O) groups excluding carboxylic acids is 2. The van der Waals surface area contributed by atoms with E-state index in [4.69, 9.17) is 20.9 Å². The summed E-state index contributed by atoms with van der Waals surface area (Å²) >= 11 is 0. The fourth-order valence-corrected chi connectivity index (χ4v) is 2.39. The van der Waals surface area contributed by atoms with E-state index in [1.807, 2.05) is 6.07 Å². The monoisotopic (exact) mass is 342 g/mol. The van der Waals surface area contributed by atoms with Gasteiger partial charge >= 0.3 is 11.8 Å². The van der Waals surface area contributed by atoms with Gasteiger partial charge in [-0.2, -0.15) is 0 Å². The molecule has 0 fully saturated rings. The second kappa shape index (κ2) is 7.25. The first-order valence-electron chi connectivity index (χ1n) is 7.89. The third kappa shape index (κ3) is 4.50. The first-order chi connectivity index (χ1) is 11.7. The second-order valence-electron chi connectivity index (χ2n) is 6.16. The van der Waals surface area contributed by atoms with Crippen LogP contribution in [0.3, 0.4) is 0 Å². The van der Waals surface area contributed by atoms with Crippen LogP contribution in [0.15, 0.2) is 48.5 Å². The number of esters is 1. The largest absolute Gasteiger partial charge is 0.446 e. The topological polar surface area (TPSA) is 105 Å². The maximum atomic E-state index is 12.6. The minimum atomic E-state index is -1.77. The van der Waals surface area contributed by atoms with E-state index in [1.165, 1.54) is 25.1 Å². The van der Waals surface area contributed by atoms with Crippen LogP contribution in [0.5, 0.6) is 5.75 Å². The van der Waals surface area contributed by atoms with Crippen molar-refractivity contribution in [2.45, 2.75) is 26.6 Å². The number of carbonyl (C=O) groups is 2. The van der Waals surface area contributed by atoms with Gasteiger partial charge in [0.05, 0.1) is 5.56 Å². The van der Waals surface area contributed by atoms with E-state index in [0.717, 1.165) is 0 Å². The normalized spacial score (nSPS) is 13.1. The van der Waals surface area contributed by atoms with E-state index in [1.54, 1.807) is 38.1 Å². The van der Waals surface area contributed by atoms with Crippen LogP contribution >= 0.6 is 0 Å². The SMILES string of the molecule is CC(C)C(=O)C(C)(OC(=O)c1cc(N)cc(N)c1)Oc1ccccc1. The standard InChI is InChI=1S/C19H22N2O4/c1-12(2)17(22)19(3,24-16-7-5-4-6-8-16)25-18(23)13-9-14(20)11-15(21)10-13/h4-12H,20-21H2,1-3H3. The molecule has 25 heavy (non-hydrogen) atoms. The molecule has 1 atom stereocenters. The molecule has 0 spiro atoms. The summed E-state index contributed by atoms with van der Waals surface area (Å²) in [6.45, 7) is 4.85. The number of nitrogen functional groups attached to an aromatic ring is 2. The van der Waals surface area contributed by atoms with Crippen LogP contribution < -0.4 is 16.2 Å². The molecule has 0 heterocycles. The number of anilines is 2. The third-order valence-corrected chi connectivity index (χ3v) is 3.53. The van der Waals surface area contributed by atoms with Crippen molar-refractivity contribution >= 4 is 23.1 Å². The summed E-state index contributed by atoms with van der Waals surface area (Å²) in [7, 11) is 0. The van der Waals surface area contributed by atoms with Gasteiger partial charge in [0.2, 0.25) is 5.78 Å². The fraction of sp³-hybridized carbons (Fsp3) is 0.263. The van der Waals surface area contributed by atoms with Gasteiger partial charge in [0, 0.05) is 24.2 Å². The Hall–Kier alpha value is -3.02. The lowest BCUT2D eigenvalue weighted by Crippen LogP contribution is -2.48. The molecule has 6 heteroatoms. The van der Waals surface area contributed by atoms with E-state index in [0.29, 0.717) is 17.1 Å². The fourth-order valence-electron chi connectivity index (χ4n) is 2.39. The maximum absolute atomic E-state index is 12.6. The van der Waals surface area contributed by atoms with E-state index < -0.39 is 17.7 Å². The van der Waals surface area contributed by atoms with Crippen molar-refractivity contribution in [1.82, 2.24) is 0 Å². The summed E-state index contributed by atoms with van der Waals surface area (Å²) in [6.07, 6.45) is 0. The molecule has 0 bridgehead atoms. The highest BCUT2D eigenvalue weighted by atomic mass is 16.7. The minimum absolute atomic E-state index is 0.150. The smallest absolute Gasteiger partial charge is 0.341 e. The summed E-state index contributed by atoms with van der Waals surface area (Å²) in [5.74, 6) is -2.86. The van der Waals surface area contributed by atoms with Crippen molar-refractivity contribution in [3.63, 3.8) is 0 Å². The number of hydrogen-bond donors (Lipinski definition) is 2. The average molecular weight is 342 g/mol. The number of nitrogens with two attached hydrogens (primary N) is 2. The van der Waals surface area contributed by atoms with E-state index >= 15 is 0 Å². The van der Waals surface area contributed by atoms with Crippen LogP contribution in [0.4, 0.5) is 11.4 Å². The summed E-state index contributed by atoms with van der Waals surface area (Å²) < 4.78 is 11.2. The van der Waals surface area contributed by atoms with Gasteiger partial charge in [-0.25, -0.2) is 4.79 Å². The molecule has 0 amide bonds. The Morgan fingerprint density at radius 2 is 1.56 bits per heavy atom. The van der Waals surface area contributed by atoms with Crippen molar-refractivity contribution in [2.24, 2.45) is 5.92 Å². The molecule has 4 N–H and O–H groups in total. The predicted molar refractivity (Wildman–Crippen MR) is 96.0 cm³/mol. The van der Waals surface area contributed by atoms with Crippen LogP contribution in [-0.4, -0.2) is 17.5 Å². The van der Waals surface area contributed by atoms with Gasteiger partial charge in [0.15, 0.2) is 0 Å². The van der Waals surface area contributed by atoms with Crippen molar-refractivity contribution in [2.75, 3.05) is 11.5 Å². The highest BCUT2D eigenvalue weighted by Gasteiger charge is 2.41. The molecule has 6 nitrogen and oxygen atoms in total. The molecule has 0 radical (unpaired) electrons. The first-order valence-corrected chi connectivity index (χ1v) is 7.89. The van der Waals surface area contributed by atoms with Crippen LogP contribution in [0.2, 0.25) is 0 Å². The van der Waals surface area contributed by atoms with Gasteiger partial charge in [-0.3, -0.25) is 4.79 Å². The van der Waals surface area contributed by atoms with Crippen LogP contribution in [0.25, 0.3) is 0 Å². The van der Waals surface area contributed by atoms with Crippen molar-refractivity contribution in [3.8, 4) is 5.75 Å². The number of ketones is 1. The molecular weight excluding hydrogens is 320 g/mol. The highest BCUT2D eigenvalue weighted by molar-refractivity contribution is 5.96. The molecule has 0 aliphatic carbocycles. The number of para-hydroxylation sites is 1. The van der Waals surface area contributed by atoms with Crippen LogP contribution in [-0.2, 0) is 9.53 Å². The first kappa shape index (κ1) is 18.3. The maximum Gasteiger partial charge on any atom is 0.341 e. The molecule has 2 aromatic carbocycles. The molecule has 2 aromatic rings. The lowest BCUT2D eigenvalue weighted by molar-refractivity contribution is -0.172. The van der Waals surface area contributed by atoms with Gasteiger partial charge < -0.3 is 20.9 Å². The van der Waals surface area contributed by atoms with E-state index in [-0.39, 0.29) is 11.3 Å². The molecule has 0 saturated heterocycles. The van der Waals surface area contributed by atoms with Gasteiger partial charge in [-0.15, -0.1) is 0 Å². The quantitative estimate of drug-likeness (QED) is 0.475. The average Bonchev–Trinajstić information content (AvgIpc) is 2.53. The highest BCUT2D eigenvalue weighted by Crippen LogP contribution is 2.25. The van der Waals surface area contributed by atoms with Crippen LogP contribution in [0, 0.1) is 5.92 Å². The number of Topliss-reactive ketones (excluding diaryl/α,β-unsaturated/α-hetero) is 1. The Labute approximate surface area is 146 Å². The Morgan fingerprint density at radius 1 is 1.00 bits per heavy atom. The van der Waals surface area contributed by atoms with E-state index in [9.17, 15) is 9.59 Å². The van der Waals surface area contributed by atoms with Crippen LogP contribution in [0.1, 0.15) is 31.1 Å². The minimum Gasteiger partial charge on any atom is -0.446 e. The van der Waals surface area contributed by atoms with Gasteiger partial charge in [0.1, 0.15) is 5.75 Å². The molecule has 1 unspecified atom stereocenters. The molecule has 0 aliphatic rings. The summed E-state index contributed by atoms with van der Waals surface area (Å²) in [5, 5.41) is 0. The number of rotatable bonds is 6. The molecule has 0 saturated carbocycles. The molecule has 132 valence electrons. The summed E-state index contributed by atoms with van der Waals surface area (Å²) in [6, 6.07) is 13.1. The second-order valence-corrected chi connectivity index (χ2v) is 6.16. The number of benzene rings is 2. The Bertz CT molecular complexity index is 754. The molecular formula is C19H22N2O4. The lowest BCUT2D eigenvalue weighted by atomic mass is 10.0. The predicted octanol–water partition coefficient (Wildman–Crippen LogP) is 3.03. The number of ether oxygens (including phenoxy) is 2. The molecule has 2 rings (SSSR count). The van der Waals surface area contributed by atoms with Gasteiger partial charge in [-0.05, 0) is 30.3 Å². The van der Waals surface area contributed by atoms with Crippen molar-refractivity contribution < 1.29 is 19.1 Å². The Morgan fingerprint density at radius 3 is 2.08 bits per heavy atom. The third-order valence-electron chi connectivity index (χ3n) is 3.53. The van der Waals surface area contributed by atoms with Gasteiger partial charge in [-0.1, -0.05) is 32.0 Å². The summed E-state index contributed by atoms with van der Waals surface area (Å²) in [4.78, 5) is 25.1. The Balaban J connectivity index is 2.32. The zero-order valence-corrected chi connectivity index (χ0v) is 14.5. The Kier molecular flexibility index (Phi) is 5.32. The number of hydrogen-bond acceptors (Lipinski definition) is 6. The lowest BCUT2D eigenvalue weighted by Gasteiger charge is -2.30. The van der Waals surface area contributed by atoms with E-state index in [2.05, 4.69) is 0 Å². The zero-order valence-electron chi connectivity index (χ0n) is 14.5. The van der Waals surface area contributed by atoms with Crippen molar-refractivity contribution in [3.05, 3.63) is 54.1 Å². The van der Waals surface area contributed by atoms with Crippen molar-refractivity contribution in [1.29, 1.82) is 0 Å². The zero-order chi connectivity index (χ0) is 18.6. The molecule has 0 aliphatic heterocycles.